The molecule has 1 aliphatic rings. The van der Waals surface area contributed by atoms with Crippen molar-refractivity contribution >= 4 is 40.0 Å². The summed E-state index contributed by atoms with van der Waals surface area (Å²) in [5.74, 6) is 0.282. The van der Waals surface area contributed by atoms with Crippen molar-refractivity contribution < 1.29 is 14.7 Å². The molecule has 0 unspecified atom stereocenters. The van der Waals surface area contributed by atoms with Crippen LogP contribution in [0, 0.1) is 18.8 Å². The number of carboxylic acid groups (broad SMARTS) is 1. The fourth-order valence-electron chi connectivity index (χ4n) is 4.21. The van der Waals surface area contributed by atoms with Crippen LogP contribution in [0.4, 0.5) is 16.8 Å². The Kier molecular flexibility index (Phi) is 7.36. The lowest BCUT2D eigenvalue weighted by Crippen LogP contribution is -2.38. The van der Waals surface area contributed by atoms with Crippen LogP contribution in [0.25, 0.3) is 10.6 Å². The van der Waals surface area contributed by atoms with E-state index >= 15 is 0 Å². The number of aliphatic carboxylic acids is 1. The molecule has 9 nitrogen and oxygen atoms in total. The average Bonchev–Trinajstić information content (AvgIpc) is 3.29. The van der Waals surface area contributed by atoms with E-state index in [1.807, 2.05) is 42.2 Å². The Labute approximate surface area is 202 Å². The predicted molar refractivity (Wildman–Crippen MR) is 132 cm³/mol. The fraction of sp³-hybridized carbons (Fsp3) is 0.375. The number of hydrogen-bond acceptors (Lipinski definition) is 8. The van der Waals surface area contributed by atoms with E-state index in [-0.39, 0.29) is 12.5 Å². The molecule has 1 aliphatic carbocycles. The zero-order valence-electron chi connectivity index (χ0n) is 19.0. The molecule has 1 saturated carbocycles. The number of thiazole rings is 1. The molecule has 3 aromatic rings. The molecule has 0 bridgehead atoms. The zero-order chi connectivity index (χ0) is 24.1. The van der Waals surface area contributed by atoms with Crippen molar-refractivity contribution in [2.45, 2.75) is 32.6 Å². The number of carboxylic acids is 1. The van der Waals surface area contributed by atoms with Gasteiger partial charge in [-0.3, -0.25) is 9.59 Å². The third-order valence-electron chi connectivity index (χ3n) is 5.96. The molecule has 1 fully saturated rings. The standard InChI is InChI=1S/C24H28N6O3S/c1-15-9-10-26-22(11-15)29-21-4-2-3-18(28-21)19-12-27-24(34-19)30(14-20(25)31)13-16-5-7-17(8-6-16)23(32)33/h2-4,9-12,16-17H,5-8,13-14H2,1H3,(H2,25,31)(H,32,33)(H,26,28,29)/t16-,17-. The van der Waals surface area contributed by atoms with Crippen LogP contribution < -0.4 is 16.0 Å². The largest absolute Gasteiger partial charge is 0.481 e. The number of carbonyl (C=O) groups excluding carboxylic acids is 1. The van der Waals surface area contributed by atoms with Gasteiger partial charge in [0.05, 0.1) is 23.0 Å². The third-order valence-corrected chi connectivity index (χ3v) is 7.04. The highest BCUT2D eigenvalue weighted by Crippen LogP contribution is 2.34. The third kappa shape index (κ3) is 6.07. The second-order valence-electron chi connectivity index (χ2n) is 8.66. The molecular weight excluding hydrogens is 452 g/mol. The van der Waals surface area contributed by atoms with Crippen LogP contribution in [0.5, 0.6) is 0 Å². The van der Waals surface area contributed by atoms with Crippen molar-refractivity contribution in [3.8, 4) is 10.6 Å². The molecule has 1 amide bonds. The van der Waals surface area contributed by atoms with Gasteiger partial charge in [-0.25, -0.2) is 15.0 Å². The number of amides is 1. The van der Waals surface area contributed by atoms with Gasteiger partial charge in [-0.05, 0) is 68.4 Å². The minimum atomic E-state index is -0.723. The highest BCUT2D eigenvalue weighted by Gasteiger charge is 2.28. The second-order valence-corrected chi connectivity index (χ2v) is 9.67. The second kappa shape index (κ2) is 10.6. The number of primary amides is 1. The quantitative estimate of drug-likeness (QED) is 0.421. The predicted octanol–water partition coefficient (Wildman–Crippen LogP) is 3.83. The first-order chi connectivity index (χ1) is 16.4. The maximum absolute atomic E-state index is 11.7. The van der Waals surface area contributed by atoms with Gasteiger partial charge in [0.15, 0.2) is 5.13 Å². The SMILES string of the molecule is Cc1ccnc(Nc2cccc(-c3cnc(N(CC(N)=O)C[C@H]4CC[C@H](C(=O)O)CC4)s3)n2)c1. The van der Waals surface area contributed by atoms with Crippen molar-refractivity contribution in [2.24, 2.45) is 17.6 Å². The van der Waals surface area contributed by atoms with Crippen LogP contribution in [0.15, 0.2) is 42.7 Å². The smallest absolute Gasteiger partial charge is 0.306 e. The summed E-state index contributed by atoms with van der Waals surface area (Å²) < 4.78 is 0. The maximum Gasteiger partial charge on any atom is 0.306 e. The van der Waals surface area contributed by atoms with Crippen LogP contribution in [0.1, 0.15) is 31.2 Å². The fourth-order valence-corrected chi connectivity index (χ4v) is 5.10. The van der Waals surface area contributed by atoms with E-state index in [0.29, 0.717) is 36.3 Å². The van der Waals surface area contributed by atoms with Crippen LogP contribution in [-0.4, -0.2) is 45.0 Å². The van der Waals surface area contributed by atoms with E-state index in [0.717, 1.165) is 34.8 Å². The van der Waals surface area contributed by atoms with E-state index in [4.69, 9.17) is 10.7 Å². The molecule has 10 heteroatoms. The number of aromatic nitrogens is 3. The summed E-state index contributed by atoms with van der Waals surface area (Å²) in [5.41, 5.74) is 7.38. The number of aryl methyl sites for hydroxylation is 1. The molecule has 0 aliphatic heterocycles. The Balaban J connectivity index is 1.47. The first kappa shape index (κ1) is 23.6. The number of hydrogen-bond donors (Lipinski definition) is 3. The summed E-state index contributed by atoms with van der Waals surface area (Å²) in [4.78, 5) is 39.3. The number of nitrogens with two attached hydrogens (primary N) is 1. The number of nitrogens with zero attached hydrogens (tertiary/aromatic N) is 4. The number of anilines is 3. The lowest BCUT2D eigenvalue weighted by molar-refractivity contribution is -0.143. The van der Waals surface area contributed by atoms with Gasteiger partial charge in [0.2, 0.25) is 5.91 Å². The van der Waals surface area contributed by atoms with Gasteiger partial charge in [-0.2, -0.15) is 0 Å². The number of carbonyl (C=O) groups is 2. The molecule has 4 rings (SSSR count). The summed E-state index contributed by atoms with van der Waals surface area (Å²) in [6, 6.07) is 9.59. The molecule has 0 radical (unpaired) electrons. The highest BCUT2D eigenvalue weighted by molar-refractivity contribution is 7.18. The zero-order valence-corrected chi connectivity index (χ0v) is 19.8. The van der Waals surface area contributed by atoms with Crippen molar-refractivity contribution in [2.75, 3.05) is 23.3 Å². The molecule has 0 spiro atoms. The van der Waals surface area contributed by atoms with Crippen molar-refractivity contribution in [3.63, 3.8) is 0 Å². The summed E-state index contributed by atoms with van der Waals surface area (Å²) in [6.45, 7) is 2.70. The van der Waals surface area contributed by atoms with Crippen LogP contribution >= 0.6 is 11.3 Å². The van der Waals surface area contributed by atoms with Gasteiger partial charge in [0, 0.05) is 18.9 Å². The summed E-state index contributed by atoms with van der Waals surface area (Å²) in [5, 5.41) is 13.2. The first-order valence-corrected chi connectivity index (χ1v) is 12.1. The molecule has 178 valence electrons. The lowest BCUT2D eigenvalue weighted by Gasteiger charge is -2.30. The molecule has 34 heavy (non-hydrogen) atoms. The first-order valence-electron chi connectivity index (χ1n) is 11.3. The van der Waals surface area contributed by atoms with E-state index in [1.165, 1.54) is 11.3 Å². The lowest BCUT2D eigenvalue weighted by atomic mass is 9.82. The average molecular weight is 481 g/mol. The molecule has 0 saturated heterocycles. The van der Waals surface area contributed by atoms with Gasteiger partial charge in [-0.15, -0.1) is 0 Å². The summed E-state index contributed by atoms with van der Waals surface area (Å²) in [6.07, 6.45) is 6.45. The molecule has 0 aromatic carbocycles. The van der Waals surface area contributed by atoms with Crippen molar-refractivity contribution in [1.82, 2.24) is 15.0 Å². The minimum absolute atomic E-state index is 0.0693. The van der Waals surface area contributed by atoms with Crippen molar-refractivity contribution in [3.05, 3.63) is 48.3 Å². The Bertz CT molecular complexity index is 1160. The molecule has 3 aromatic heterocycles. The molecule has 3 heterocycles. The van der Waals surface area contributed by atoms with Gasteiger partial charge in [0.1, 0.15) is 11.6 Å². The molecule has 0 atom stereocenters. The normalized spacial score (nSPS) is 17.8. The Hall–Kier alpha value is -3.53. The summed E-state index contributed by atoms with van der Waals surface area (Å²) in [7, 11) is 0. The van der Waals surface area contributed by atoms with Gasteiger partial charge in [0.25, 0.3) is 0 Å². The Morgan fingerprint density at radius 3 is 2.68 bits per heavy atom. The van der Waals surface area contributed by atoms with E-state index in [1.54, 1.807) is 12.4 Å². The number of pyridine rings is 2. The van der Waals surface area contributed by atoms with Gasteiger partial charge < -0.3 is 21.1 Å². The summed E-state index contributed by atoms with van der Waals surface area (Å²) >= 11 is 1.45. The van der Waals surface area contributed by atoms with Crippen LogP contribution in [0.2, 0.25) is 0 Å². The van der Waals surface area contributed by atoms with E-state index in [9.17, 15) is 14.7 Å². The van der Waals surface area contributed by atoms with Crippen LogP contribution in [0.3, 0.4) is 0 Å². The number of nitrogens with one attached hydrogen (secondary N) is 1. The van der Waals surface area contributed by atoms with Crippen molar-refractivity contribution in [1.29, 1.82) is 0 Å². The van der Waals surface area contributed by atoms with Crippen LogP contribution in [-0.2, 0) is 9.59 Å². The van der Waals surface area contributed by atoms with Gasteiger partial charge >= 0.3 is 5.97 Å². The number of rotatable bonds is 9. The monoisotopic (exact) mass is 480 g/mol. The van der Waals surface area contributed by atoms with E-state index in [2.05, 4.69) is 15.3 Å². The topological polar surface area (TPSA) is 134 Å². The Morgan fingerprint density at radius 2 is 1.97 bits per heavy atom. The molecular formula is C24H28N6O3S. The highest BCUT2D eigenvalue weighted by atomic mass is 32.1. The molecule has 4 N–H and O–H groups in total. The van der Waals surface area contributed by atoms with Gasteiger partial charge in [-0.1, -0.05) is 17.4 Å². The maximum atomic E-state index is 11.7. The van der Waals surface area contributed by atoms with E-state index < -0.39 is 11.9 Å². The minimum Gasteiger partial charge on any atom is -0.481 e. The Morgan fingerprint density at radius 1 is 1.18 bits per heavy atom.